The molecule has 9 heteroatoms. The molecule has 2 heterocycles. The van der Waals surface area contributed by atoms with E-state index < -0.39 is 36.9 Å². The predicted octanol–water partition coefficient (Wildman–Crippen LogP) is 3.98. The lowest BCUT2D eigenvalue weighted by molar-refractivity contribution is -0.343. The molecule has 2 aliphatic heterocycles. The number of fused-ring (bicyclic) bond motifs is 1. The molecule has 2 saturated heterocycles. The second kappa shape index (κ2) is 13.1. The van der Waals surface area contributed by atoms with E-state index in [9.17, 15) is 4.79 Å². The van der Waals surface area contributed by atoms with Gasteiger partial charge in [0.25, 0.3) is 0 Å². The molecule has 0 bridgehead atoms. The highest BCUT2D eigenvalue weighted by molar-refractivity contribution is 5.73. The summed E-state index contributed by atoms with van der Waals surface area (Å²) in [6, 6.07) is 25.9. The van der Waals surface area contributed by atoms with Crippen LogP contribution in [0.25, 0.3) is 0 Å². The van der Waals surface area contributed by atoms with Gasteiger partial charge in [-0.05, 0) is 29.8 Å². The minimum Gasteiger partial charge on any atom is -0.497 e. The van der Waals surface area contributed by atoms with Gasteiger partial charge in [0.15, 0.2) is 6.29 Å². The van der Waals surface area contributed by atoms with Crippen LogP contribution in [0, 0.1) is 0 Å². The average Bonchev–Trinajstić information content (AvgIpc) is 2.97. The first-order chi connectivity index (χ1) is 19.1. The summed E-state index contributed by atoms with van der Waals surface area (Å²) >= 11 is 0. The SMILES string of the molecule is COc1ccc(O[C@@H]2O[C@@H]3COC(c4ccccc4)O[C@H]3[C@H](OCOCc3ccccc3)[C@H]2NC(C)=O)cc1. The maximum absolute atomic E-state index is 12.3. The molecule has 3 aromatic carbocycles. The van der Waals surface area contributed by atoms with Crippen LogP contribution in [0.1, 0.15) is 24.3 Å². The van der Waals surface area contributed by atoms with Crippen molar-refractivity contribution in [1.29, 1.82) is 0 Å². The van der Waals surface area contributed by atoms with Gasteiger partial charge in [-0.15, -0.1) is 0 Å². The molecule has 9 nitrogen and oxygen atoms in total. The van der Waals surface area contributed by atoms with E-state index in [4.69, 9.17) is 33.2 Å². The Balaban J connectivity index is 1.36. The fourth-order valence-electron chi connectivity index (χ4n) is 4.69. The van der Waals surface area contributed by atoms with Gasteiger partial charge in [-0.25, -0.2) is 0 Å². The Kier molecular flexibility index (Phi) is 9.08. The van der Waals surface area contributed by atoms with E-state index in [0.29, 0.717) is 18.1 Å². The molecule has 0 aliphatic carbocycles. The lowest BCUT2D eigenvalue weighted by atomic mass is 9.95. The zero-order valence-electron chi connectivity index (χ0n) is 21.9. The Hall–Kier alpha value is -3.47. The molecule has 0 spiro atoms. The van der Waals surface area contributed by atoms with Gasteiger partial charge in [0.2, 0.25) is 12.2 Å². The third-order valence-corrected chi connectivity index (χ3v) is 6.55. The Morgan fingerprint density at radius 2 is 1.62 bits per heavy atom. The molecule has 2 aliphatic rings. The zero-order valence-corrected chi connectivity index (χ0v) is 21.9. The molecule has 3 aromatic rings. The number of amides is 1. The largest absolute Gasteiger partial charge is 0.497 e. The maximum atomic E-state index is 12.3. The lowest BCUT2D eigenvalue weighted by Gasteiger charge is -2.49. The van der Waals surface area contributed by atoms with Crippen LogP contribution in [0.2, 0.25) is 0 Å². The van der Waals surface area contributed by atoms with Crippen molar-refractivity contribution in [1.82, 2.24) is 5.32 Å². The second-order valence-electron chi connectivity index (χ2n) is 9.32. The fraction of sp³-hybridized carbons (Fsp3) is 0.367. The van der Waals surface area contributed by atoms with Gasteiger partial charge in [0.05, 0.1) is 20.3 Å². The van der Waals surface area contributed by atoms with Crippen LogP contribution in [0.5, 0.6) is 11.5 Å². The molecule has 5 rings (SSSR count). The lowest BCUT2D eigenvalue weighted by Crippen LogP contribution is -2.68. The zero-order chi connectivity index (χ0) is 27.0. The van der Waals surface area contributed by atoms with Gasteiger partial charge in [-0.3, -0.25) is 4.79 Å². The number of hydrogen-bond acceptors (Lipinski definition) is 8. The highest BCUT2D eigenvalue weighted by Crippen LogP contribution is 2.36. The van der Waals surface area contributed by atoms with E-state index in [1.54, 1.807) is 31.4 Å². The van der Waals surface area contributed by atoms with Crippen LogP contribution in [0.4, 0.5) is 0 Å². The molecule has 206 valence electrons. The Morgan fingerprint density at radius 1 is 0.923 bits per heavy atom. The fourth-order valence-corrected chi connectivity index (χ4v) is 4.69. The highest BCUT2D eigenvalue weighted by Gasteiger charge is 2.52. The van der Waals surface area contributed by atoms with Gasteiger partial charge >= 0.3 is 0 Å². The molecule has 39 heavy (non-hydrogen) atoms. The van der Waals surface area contributed by atoms with Gasteiger partial charge in [-0.2, -0.15) is 0 Å². The third-order valence-electron chi connectivity index (χ3n) is 6.55. The molecule has 1 amide bonds. The molecule has 2 fully saturated rings. The van der Waals surface area contributed by atoms with Gasteiger partial charge in [0.1, 0.15) is 42.6 Å². The highest BCUT2D eigenvalue weighted by atomic mass is 16.8. The Labute approximate surface area is 227 Å². The number of hydrogen-bond donors (Lipinski definition) is 1. The normalized spacial score (nSPS) is 26.3. The van der Waals surface area contributed by atoms with Crippen molar-refractivity contribution in [2.24, 2.45) is 0 Å². The van der Waals surface area contributed by atoms with Crippen molar-refractivity contribution < 1.29 is 38.0 Å². The first kappa shape index (κ1) is 27.1. The Morgan fingerprint density at radius 3 is 2.31 bits per heavy atom. The first-order valence-electron chi connectivity index (χ1n) is 12.9. The molecule has 1 N–H and O–H groups in total. The summed E-state index contributed by atoms with van der Waals surface area (Å²) in [6.07, 6.45) is -3.19. The molecule has 6 atom stereocenters. The molecular weight excluding hydrogens is 502 g/mol. The summed E-state index contributed by atoms with van der Waals surface area (Å²) in [5.41, 5.74) is 1.90. The quantitative estimate of drug-likeness (QED) is 0.308. The minimum atomic E-state index is -0.872. The first-order valence-corrected chi connectivity index (χ1v) is 12.9. The van der Waals surface area contributed by atoms with Crippen molar-refractivity contribution in [3.63, 3.8) is 0 Å². The average molecular weight is 536 g/mol. The van der Waals surface area contributed by atoms with E-state index in [-0.39, 0.29) is 19.3 Å². The Bertz CT molecular complexity index is 1180. The summed E-state index contributed by atoms with van der Waals surface area (Å²) in [7, 11) is 1.60. The summed E-state index contributed by atoms with van der Waals surface area (Å²) in [6.45, 7) is 2.06. The summed E-state index contributed by atoms with van der Waals surface area (Å²) in [5, 5.41) is 2.96. The van der Waals surface area contributed by atoms with Crippen LogP contribution in [-0.2, 0) is 35.1 Å². The molecule has 0 aromatic heterocycles. The van der Waals surface area contributed by atoms with Crippen LogP contribution >= 0.6 is 0 Å². The number of carbonyl (C=O) groups excluding carboxylic acids is 1. The molecular formula is C30H33NO8. The summed E-state index contributed by atoms with van der Waals surface area (Å²) in [4.78, 5) is 12.3. The molecule has 0 radical (unpaired) electrons. The van der Waals surface area contributed by atoms with Gasteiger partial charge in [0, 0.05) is 12.5 Å². The number of benzene rings is 3. The van der Waals surface area contributed by atoms with Crippen molar-refractivity contribution in [2.75, 3.05) is 20.5 Å². The monoisotopic (exact) mass is 535 g/mol. The van der Waals surface area contributed by atoms with E-state index in [2.05, 4.69) is 5.32 Å². The van der Waals surface area contributed by atoms with Crippen LogP contribution < -0.4 is 14.8 Å². The summed E-state index contributed by atoms with van der Waals surface area (Å²) in [5.74, 6) is 0.993. The van der Waals surface area contributed by atoms with Gasteiger partial charge < -0.3 is 38.5 Å². The molecule has 1 unspecified atom stereocenters. The second-order valence-corrected chi connectivity index (χ2v) is 9.32. The van der Waals surface area contributed by atoms with Gasteiger partial charge in [-0.1, -0.05) is 60.7 Å². The van der Waals surface area contributed by atoms with E-state index >= 15 is 0 Å². The van der Waals surface area contributed by atoms with Crippen LogP contribution in [0.15, 0.2) is 84.9 Å². The number of methoxy groups -OCH3 is 1. The van der Waals surface area contributed by atoms with Crippen LogP contribution in [0.3, 0.4) is 0 Å². The topological polar surface area (TPSA) is 93.7 Å². The van der Waals surface area contributed by atoms with E-state index in [1.807, 2.05) is 60.7 Å². The smallest absolute Gasteiger partial charge is 0.223 e. The van der Waals surface area contributed by atoms with Crippen molar-refractivity contribution in [3.05, 3.63) is 96.1 Å². The van der Waals surface area contributed by atoms with E-state index in [1.165, 1.54) is 6.92 Å². The van der Waals surface area contributed by atoms with Crippen molar-refractivity contribution in [3.8, 4) is 11.5 Å². The number of carbonyl (C=O) groups is 1. The summed E-state index contributed by atoms with van der Waals surface area (Å²) < 4.78 is 42.3. The van der Waals surface area contributed by atoms with Crippen LogP contribution in [-0.4, -0.2) is 57.1 Å². The van der Waals surface area contributed by atoms with Crippen molar-refractivity contribution >= 4 is 5.91 Å². The number of ether oxygens (including phenoxy) is 7. The number of nitrogens with one attached hydrogen (secondary N) is 1. The number of rotatable bonds is 10. The maximum Gasteiger partial charge on any atom is 0.223 e. The standard InChI is InChI=1S/C30H33NO8/c1-20(32)31-26-28(36-19-34-17-21-9-5-3-6-10-21)27-25(18-35-29(39-27)22-11-7-4-8-12-22)38-30(26)37-24-15-13-23(33-2)14-16-24/h3-16,25-30H,17-19H2,1-2H3,(H,31,32)/t25-,26-,27-,28-,29?,30-/m1/s1. The predicted molar refractivity (Wildman–Crippen MR) is 141 cm³/mol. The molecule has 0 saturated carbocycles. The third kappa shape index (κ3) is 6.95. The van der Waals surface area contributed by atoms with E-state index in [0.717, 1.165) is 11.1 Å². The minimum absolute atomic E-state index is 0.0195. The van der Waals surface area contributed by atoms with Crippen molar-refractivity contribution in [2.45, 2.75) is 50.5 Å².